The van der Waals surface area contributed by atoms with Crippen LogP contribution in [-0.4, -0.2) is 41.5 Å². The predicted octanol–water partition coefficient (Wildman–Crippen LogP) is 4.44. The van der Waals surface area contributed by atoms with Gasteiger partial charge in [-0.1, -0.05) is 48.5 Å². The van der Waals surface area contributed by atoms with Gasteiger partial charge in [-0.2, -0.15) is 0 Å². The van der Waals surface area contributed by atoms with Crippen LogP contribution in [0.1, 0.15) is 31.9 Å². The Hall–Kier alpha value is -3.81. The van der Waals surface area contributed by atoms with Crippen molar-refractivity contribution in [3.63, 3.8) is 0 Å². The number of rotatable bonds is 6. The van der Waals surface area contributed by atoms with Crippen LogP contribution in [0.5, 0.6) is 0 Å². The molecule has 1 atom stereocenters. The number of carbonyl (C=O) groups is 3. The largest absolute Gasteiger partial charge is 0.467 e. The first-order chi connectivity index (χ1) is 15.7. The van der Waals surface area contributed by atoms with E-state index in [9.17, 15) is 14.4 Å². The number of hydrogen-bond donors (Lipinski definition) is 1. The molecule has 1 N–H and O–H groups in total. The van der Waals surface area contributed by atoms with Crippen molar-refractivity contribution in [2.75, 3.05) is 7.11 Å². The number of hydrogen-bond acceptors (Lipinski definition) is 6. The van der Waals surface area contributed by atoms with E-state index in [1.807, 2.05) is 48.5 Å². The fourth-order valence-corrected chi connectivity index (χ4v) is 3.36. The number of ether oxygens (including phenoxy) is 3. The molecule has 0 aliphatic heterocycles. The van der Waals surface area contributed by atoms with Crippen molar-refractivity contribution in [3.8, 4) is 0 Å². The van der Waals surface area contributed by atoms with Gasteiger partial charge in [0.15, 0.2) is 0 Å². The van der Waals surface area contributed by atoms with Crippen LogP contribution in [-0.2, 0) is 32.0 Å². The van der Waals surface area contributed by atoms with Crippen molar-refractivity contribution >= 4 is 29.1 Å². The molecule has 0 radical (unpaired) electrons. The highest BCUT2D eigenvalue weighted by Crippen LogP contribution is 2.23. The van der Waals surface area contributed by atoms with E-state index in [1.165, 1.54) is 11.7 Å². The molecule has 0 unspecified atom stereocenters. The van der Waals surface area contributed by atoms with E-state index in [-0.39, 0.29) is 13.0 Å². The fourth-order valence-electron chi connectivity index (χ4n) is 3.36. The number of nitrogens with zero attached hydrogens (tertiary/aromatic N) is 1. The molecule has 1 amide bonds. The Bertz CT molecular complexity index is 1130. The molecule has 33 heavy (non-hydrogen) atoms. The summed E-state index contributed by atoms with van der Waals surface area (Å²) in [5.74, 6) is -0.621. The molecule has 3 rings (SSSR count). The van der Waals surface area contributed by atoms with E-state index in [4.69, 9.17) is 14.2 Å². The molecule has 8 nitrogen and oxygen atoms in total. The van der Waals surface area contributed by atoms with Crippen molar-refractivity contribution in [2.45, 2.75) is 45.4 Å². The number of esters is 1. The summed E-state index contributed by atoms with van der Waals surface area (Å²) in [6.45, 7) is 5.32. The standard InChI is InChI=1S/C25H28N2O6/c1-25(2,3)33-23(29)26-20(22(28)31-4)14-18-15-27(21-13-9-8-12-19(18)21)24(30)32-16-17-10-6-5-7-11-17/h5-13,15,20H,14,16H2,1-4H3,(H,26,29)/t20-/m0/s1. The van der Waals surface area contributed by atoms with E-state index in [1.54, 1.807) is 33.0 Å². The summed E-state index contributed by atoms with van der Waals surface area (Å²) in [5.41, 5.74) is 1.46. The van der Waals surface area contributed by atoms with Gasteiger partial charge in [-0.05, 0) is 38.0 Å². The SMILES string of the molecule is COC(=O)[C@H](Cc1cn(C(=O)OCc2ccccc2)c2ccccc12)NC(=O)OC(C)(C)C. The summed E-state index contributed by atoms with van der Waals surface area (Å²) in [5, 5.41) is 3.32. The Morgan fingerprint density at radius 2 is 1.67 bits per heavy atom. The zero-order chi connectivity index (χ0) is 24.0. The summed E-state index contributed by atoms with van der Waals surface area (Å²) in [6.07, 6.45) is 0.441. The average Bonchev–Trinajstić information content (AvgIpc) is 3.14. The summed E-state index contributed by atoms with van der Waals surface area (Å²) < 4.78 is 17.0. The molecule has 2 aromatic carbocycles. The molecule has 3 aromatic rings. The second-order valence-electron chi connectivity index (χ2n) is 8.51. The van der Waals surface area contributed by atoms with Crippen LogP contribution in [0.3, 0.4) is 0 Å². The molecule has 8 heteroatoms. The zero-order valence-electron chi connectivity index (χ0n) is 19.2. The molecular formula is C25H28N2O6. The average molecular weight is 453 g/mol. The molecular weight excluding hydrogens is 424 g/mol. The first-order valence-corrected chi connectivity index (χ1v) is 10.6. The number of benzene rings is 2. The lowest BCUT2D eigenvalue weighted by molar-refractivity contribution is -0.143. The lowest BCUT2D eigenvalue weighted by Crippen LogP contribution is -2.45. The second kappa shape index (κ2) is 10.2. The van der Waals surface area contributed by atoms with Gasteiger partial charge in [-0.25, -0.2) is 14.4 Å². The van der Waals surface area contributed by atoms with Crippen molar-refractivity contribution in [3.05, 3.63) is 71.9 Å². The lowest BCUT2D eigenvalue weighted by Gasteiger charge is -2.22. The molecule has 0 bridgehead atoms. The molecule has 0 saturated carbocycles. The number of carbonyl (C=O) groups excluding carboxylic acids is 3. The van der Waals surface area contributed by atoms with Crippen molar-refractivity contribution in [1.82, 2.24) is 9.88 Å². The smallest absolute Gasteiger partial charge is 0.418 e. The highest BCUT2D eigenvalue weighted by Gasteiger charge is 2.27. The first kappa shape index (κ1) is 23.8. The molecule has 174 valence electrons. The molecule has 0 aliphatic carbocycles. The third-order valence-corrected chi connectivity index (χ3v) is 4.80. The molecule has 0 spiro atoms. The van der Waals surface area contributed by atoms with E-state index in [2.05, 4.69) is 5.32 Å². The number of amides is 1. The van der Waals surface area contributed by atoms with E-state index < -0.39 is 29.8 Å². The molecule has 0 fully saturated rings. The van der Waals surface area contributed by atoms with Gasteiger partial charge in [0.2, 0.25) is 0 Å². The first-order valence-electron chi connectivity index (χ1n) is 10.6. The molecule has 0 saturated heterocycles. The zero-order valence-corrected chi connectivity index (χ0v) is 19.2. The van der Waals surface area contributed by atoms with E-state index in [0.717, 1.165) is 10.9 Å². The van der Waals surface area contributed by atoms with Crippen molar-refractivity contribution < 1.29 is 28.6 Å². The van der Waals surface area contributed by atoms with Crippen LogP contribution in [0.2, 0.25) is 0 Å². The van der Waals surface area contributed by atoms with Crippen molar-refractivity contribution in [2.24, 2.45) is 0 Å². The van der Waals surface area contributed by atoms with Crippen LogP contribution in [0, 0.1) is 0 Å². The summed E-state index contributed by atoms with van der Waals surface area (Å²) in [7, 11) is 1.25. The third-order valence-electron chi connectivity index (χ3n) is 4.80. The van der Waals surface area contributed by atoms with Gasteiger partial charge in [-0.3, -0.25) is 4.57 Å². The van der Waals surface area contributed by atoms with E-state index >= 15 is 0 Å². The quantitative estimate of drug-likeness (QED) is 0.439. The topological polar surface area (TPSA) is 95.9 Å². The van der Waals surface area contributed by atoms with Gasteiger partial charge in [-0.15, -0.1) is 0 Å². The minimum atomic E-state index is -0.996. The fraction of sp³-hybridized carbons (Fsp3) is 0.320. The van der Waals surface area contributed by atoms with Crippen LogP contribution < -0.4 is 5.32 Å². The van der Waals surface area contributed by atoms with Gasteiger partial charge in [0.1, 0.15) is 18.2 Å². The van der Waals surface area contributed by atoms with Crippen LogP contribution in [0.4, 0.5) is 9.59 Å². The number of alkyl carbamates (subject to hydrolysis) is 1. The monoisotopic (exact) mass is 452 g/mol. The summed E-state index contributed by atoms with van der Waals surface area (Å²) in [6, 6.07) is 15.7. The van der Waals surface area contributed by atoms with Gasteiger partial charge in [0, 0.05) is 18.0 Å². The second-order valence-corrected chi connectivity index (χ2v) is 8.51. The number of aromatic nitrogens is 1. The lowest BCUT2D eigenvalue weighted by atomic mass is 10.1. The number of nitrogens with one attached hydrogen (secondary N) is 1. The third kappa shape index (κ3) is 6.35. The minimum absolute atomic E-state index is 0.103. The van der Waals surface area contributed by atoms with Gasteiger partial charge in [0.05, 0.1) is 12.6 Å². The minimum Gasteiger partial charge on any atom is -0.467 e. The molecule has 1 heterocycles. The maximum atomic E-state index is 12.8. The molecule has 1 aromatic heterocycles. The normalized spacial score (nSPS) is 12.1. The number of para-hydroxylation sites is 1. The Kier molecular flexibility index (Phi) is 7.37. The van der Waals surface area contributed by atoms with Gasteiger partial charge in [0.25, 0.3) is 0 Å². The van der Waals surface area contributed by atoms with Crippen molar-refractivity contribution in [1.29, 1.82) is 0 Å². The Morgan fingerprint density at radius 3 is 2.33 bits per heavy atom. The van der Waals surface area contributed by atoms with Crippen LogP contribution >= 0.6 is 0 Å². The summed E-state index contributed by atoms with van der Waals surface area (Å²) in [4.78, 5) is 37.4. The maximum absolute atomic E-state index is 12.8. The number of methoxy groups -OCH3 is 1. The highest BCUT2D eigenvalue weighted by atomic mass is 16.6. The van der Waals surface area contributed by atoms with Gasteiger partial charge < -0.3 is 19.5 Å². The predicted molar refractivity (Wildman–Crippen MR) is 123 cm³/mol. The maximum Gasteiger partial charge on any atom is 0.418 e. The Morgan fingerprint density at radius 1 is 1.00 bits per heavy atom. The van der Waals surface area contributed by atoms with Crippen LogP contribution in [0.25, 0.3) is 10.9 Å². The van der Waals surface area contributed by atoms with Gasteiger partial charge >= 0.3 is 18.2 Å². The Balaban J connectivity index is 1.83. The van der Waals surface area contributed by atoms with E-state index in [0.29, 0.717) is 11.1 Å². The number of fused-ring (bicyclic) bond motifs is 1. The Labute approximate surface area is 192 Å². The highest BCUT2D eigenvalue weighted by molar-refractivity contribution is 5.92. The van der Waals surface area contributed by atoms with Crippen LogP contribution in [0.15, 0.2) is 60.8 Å². The summed E-state index contributed by atoms with van der Waals surface area (Å²) >= 11 is 0. The molecule has 0 aliphatic rings.